The lowest BCUT2D eigenvalue weighted by Crippen LogP contribution is -2.35. The molecule has 0 fully saturated rings. The molecule has 2 amide bonds. The molecule has 1 rings (SSSR count). The van der Waals surface area contributed by atoms with Gasteiger partial charge < -0.3 is 10.6 Å². The summed E-state index contributed by atoms with van der Waals surface area (Å²) in [6.07, 6.45) is 4.92. The molecule has 0 atom stereocenters. The van der Waals surface area contributed by atoms with E-state index in [-0.39, 0.29) is 17.1 Å². The van der Waals surface area contributed by atoms with Gasteiger partial charge in [0.05, 0.1) is 19.3 Å². The van der Waals surface area contributed by atoms with E-state index in [9.17, 15) is 4.79 Å². The molecule has 0 aromatic carbocycles. The first-order valence-corrected chi connectivity index (χ1v) is 5.90. The fourth-order valence-electron chi connectivity index (χ4n) is 1.10. The van der Waals surface area contributed by atoms with Crippen LogP contribution in [0.3, 0.4) is 0 Å². The fourth-order valence-corrected chi connectivity index (χ4v) is 1.25. The largest absolute Gasteiger partial charge is 0.335 e. The van der Waals surface area contributed by atoms with E-state index >= 15 is 0 Å². The Bertz CT molecular complexity index is 439. The van der Waals surface area contributed by atoms with Crippen LogP contribution in [0.4, 0.5) is 4.79 Å². The van der Waals surface area contributed by atoms with Crippen LogP contribution in [0.1, 0.15) is 5.69 Å². The highest BCUT2D eigenvalue weighted by atomic mass is 35.5. The zero-order valence-corrected chi connectivity index (χ0v) is 11.1. The second-order valence-corrected chi connectivity index (χ2v) is 4.29. The highest BCUT2D eigenvalue weighted by Crippen LogP contribution is 2.03. The first-order valence-electron chi connectivity index (χ1n) is 5.14. The molecule has 8 heteroatoms. The van der Waals surface area contributed by atoms with Crippen LogP contribution in [-0.2, 0) is 13.1 Å². The average Bonchev–Trinajstić information content (AvgIpc) is 2.74. The van der Waals surface area contributed by atoms with Crippen LogP contribution in [0.2, 0.25) is 0 Å². The summed E-state index contributed by atoms with van der Waals surface area (Å²) >= 11 is 10.8. The molecule has 0 saturated heterocycles. The van der Waals surface area contributed by atoms with Crippen molar-refractivity contribution in [1.29, 1.82) is 0 Å². The second kappa shape index (κ2) is 7.73. The summed E-state index contributed by atoms with van der Waals surface area (Å²) in [4.78, 5) is 11.3. The summed E-state index contributed by atoms with van der Waals surface area (Å²) in [6, 6.07) is -0.334. The standard InChI is InChI=1S/C10H13Cl2N5O/c1-2-5-17-7-8(15-16-17)6-14-10(18)13-4-3-9(11)12/h2-3,7H,1,4-6H2,(H2,13,14,18). The Labute approximate surface area is 115 Å². The third-order valence-corrected chi connectivity index (χ3v) is 2.16. The van der Waals surface area contributed by atoms with Crippen molar-refractivity contribution in [3.63, 3.8) is 0 Å². The first-order chi connectivity index (χ1) is 8.61. The van der Waals surface area contributed by atoms with Crippen molar-refractivity contribution >= 4 is 29.2 Å². The van der Waals surface area contributed by atoms with Gasteiger partial charge in [-0.1, -0.05) is 34.5 Å². The molecule has 0 bridgehead atoms. The summed E-state index contributed by atoms with van der Waals surface area (Å²) in [5.74, 6) is 0. The molecule has 1 aromatic rings. The smallest absolute Gasteiger partial charge is 0.315 e. The normalized spacial score (nSPS) is 9.67. The molecule has 0 radical (unpaired) electrons. The van der Waals surface area contributed by atoms with Crippen LogP contribution in [0, 0.1) is 0 Å². The lowest BCUT2D eigenvalue weighted by atomic mass is 10.4. The zero-order valence-electron chi connectivity index (χ0n) is 9.57. The van der Waals surface area contributed by atoms with Gasteiger partial charge in [-0.2, -0.15) is 0 Å². The summed E-state index contributed by atoms with van der Waals surface area (Å²) in [6.45, 7) is 4.73. The van der Waals surface area contributed by atoms with E-state index in [0.29, 0.717) is 18.8 Å². The van der Waals surface area contributed by atoms with E-state index in [1.54, 1.807) is 17.0 Å². The molecule has 0 saturated carbocycles. The minimum absolute atomic E-state index is 0.114. The van der Waals surface area contributed by atoms with Crippen LogP contribution in [-0.4, -0.2) is 27.6 Å². The van der Waals surface area contributed by atoms with E-state index < -0.39 is 0 Å². The maximum Gasteiger partial charge on any atom is 0.315 e. The molecule has 6 nitrogen and oxygen atoms in total. The molecular weight excluding hydrogens is 277 g/mol. The molecule has 0 spiro atoms. The van der Waals surface area contributed by atoms with Gasteiger partial charge in [0.25, 0.3) is 0 Å². The van der Waals surface area contributed by atoms with Crippen molar-refractivity contribution in [3.8, 4) is 0 Å². The number of hydrogen-bond donors (Lipinski definition) is 2. The summed E-state index contributed by atoms with van der Waals surface area (Å²) in [7, 11) is 0. The van der Waals surface area contributed by atoms with Gasteiger partial charge in [-0.25, -0.2) is 9.48 Å². The van der Waals surface area contributed by atoms with E-state index in [1.807, 2.05) is 0 Å². The number of halogens is 2. The number of rotatable bonds is 6. The number of carbonyl (C=O) groups is 1. The quantitative estimate of drug-likeness (QED) is 0.781. The number of amides is 2. The van der Waals surface area contributed by atoms with E-state index in [1.165, 1.54) is 6.08 Å². The Hall–Kier alpha value is -1.53. The van der Waals surface area contributed by atoms with Gasteiger partial charge in [0, 0.05) is 6.54 Å². The lowest BCUT2D eigenvalue weighted by molar-refractivity contribution is 0.241. The third-order valence-electron chi connectivity index (χ3n) is 1.85. The Morgan fingerprint density at radius 2 is 2.28 bits per heavy atom. The predicted molar refractivity (Wildman–Crippen MR) is 70.2 cm³/mol. The third kappa shape index (κ3) is 5.70. The van der Waals surface area contributed by atoms with Crippen molar-refractivity contribution in [1.82, 2.24) is 25.6 Å². The summed E-state index contributed by atoms with van der Waals surface area (Å²) in [5, 5.41) is 12.9. The molecule has 0 unspecified atom stereocenters. The minimum atomic E-state index is -0.334. The Kier molecular flexibility index (Phi) is 6.24. The van der Waals surface area contributed by atoms with Gasteiger partial charge in [-0.3, -0.25) is 0 Å². The molecule has 18 heavy (non-hydrogen) atoms. The van der Waals surface area contributed by atoms with Crippen LogP contribution in [0.15, 0.2) is 29.4 Å². The highest BCUT2D eigenvalue weighted by Gasteiger charge is 2.02. The molecular formula is C10H13Cl2N5O. The molecule has 98 valence electrons. The maximum absolute atomic E-state index is 11.3. The SMILES string of the molecule is C=CCn1cc(CNC(=O)NCC=C(Cl)Cl)nn1. The molecule has 1 aromatic heterocycles. The molecule has 0 aliphatic heterocycles. The second-order valence-electron chi connectivity index (χ2n) is 3.28. The number of allylic oxidation sites excluding steroid dienone is 1. The van der Waals surface area contributed by atoms with Crippen molar-refractivity contribution in [2.75, 3.05) is 6.54 Å². The number of hydrogen-bond acceptors (Lipinski definition) is 3. The highest BCUT2D eigenvalue weighted by molar-refractivity contribution is 6.55. The average molecular weight is 290 g/mol. The predicted octanol–water partition coefficient (Wildman–Crippen LogP) is 1.58. The van der Waals surface area contributed by atoms with Crippen LogP contribution < -0.4 is 10.6 Å². The van der Waals surface area contributed by atoms with Gasteiger partial charge in [-0.15, -0.1) is 11.7 Å². The number of aromatic nitrogens is 3. The topological polar surface area (TPSA) is 71.8 Å². The summed E-state index contributed by atoms with van der Waals surface area (Å²) < 4.78 is 1.74. The minimum Gasteiger partial charge on any atom is -0.335 e. The van der Waals surface area contributed by atoms with Crippen LogP contribution in [0.25, 0.3) is 0 Å². The summed E-state index contributed by atoms with van der Waals surface area (Å²) in [5.41, 5.74) is 0.665. The number of nitrogens with zero attached hydrogens (tertiary/aromatic N) is 3. The molecule has 0 aliphatic carbocycles. The van der Waals surface area contributed by atoms with E-state index in [2.05, 4.69) is 27.5 Å². The van der Waals surface area contributed by atoms with Crippen LogP contribution in [0.5, 0.6) is 0 Å². The Balaban J connectivity index is 2.28. The zero-order chi connectivity index (χ0) is 13.4. The Morgan fingerprint density at radius 3 is 2.94 bits per heavy atom. The van der Waals surface area contributed by atoms with E-state index in [0.717, 1.165) is 0 Å². The van der Waals surface area contributed by atoms with Gasteiger partial charge in [0.1, 0.15) is 10.2 Å². The Morgan fingerprint density at radius 1 is 1.50 bits per heavy atom. The van der Waals surface area contributed by atoms with Gasteiger partial charge >= 0.3 is 6.03 Å². The van der Waals surface area contributed by atoms with E-state index in [4.69, 9.17) is 23.2 Å². The lowest BCUT2D eigenvalue weighted by Gasteiger charge is -2.03. The van der Waals surface area contributed by atoms with Crippen molar-refractivity contribution in [2.24, 2.45) is 0 Å². The number of urea groups is 1. The number of nitrogens with one attached hydrogen (secondary N) is 2. The van der Waals surface area contributed by atoms with Crippen LogP contribution >= 0.6 is 23.2 Å². The van der Waals surface area contributed by atoms with Gasteiger partial charge in [0.15, 0.2) is 0 Å². The monoisotopic (exact) mass is 289 g/mol. The first kappa shape index (κ1) is 14.5. The molecule has 0 aliphatic rings. The fraction of sp³-hybridized carbons (Fsp3) is 0.300. The maximum atomic E-state index is 11.3. The van der Waals surface area contributed by atoms with Crippen molar-refractivity contribution in [2.45, 2.75) is 13.1 Å². The van der Waals surface area contributed by atoms with Gasteiger partial charge in [0.2, 0.25) is 0 Å². The molecule has 2 N–H and O–H groups in total. The molecule has 1 heterocycles. The van der Waals surface area contributed by atoms with Crippen molar-refractivity contribution < 1.29 is 4.79 Å². The number of carbonyl (C=O) groups excluding carboxylic acids is 1. The van der Waals surface area contributed by atoms with Gasteiger partial charge in [-0.05, 0) is 6.08 Å². The van der Waals surface area contributed by atoms with Crippen molar-refractivity contribution in [3.05, 3.63) is 35.1 Å².